The average Bonchev–Trinajstić information content (AvgIpc) is 2.83. The highest BCUT2D eigenvalue weighted by molar-refractivity contribution is 7.91. The molecule has 2 heterocycles. The van der Waals surface area contributed by atoms with E-state index in [1.54, 1.807) is 0 Å². The zero-order valence-electron chi connectivity index (χ0n) is 8.54. The minimum absolute atomic E-state index is 0.0559. The van der Waals surface area contributed by atoms with Crippen LogP contribution in [-0.4, -0.2) is 41.8 Å². The number of nitrogens with two attached hydrogens (primary N) is 1. The summed E-state index contributed by atoms with van der Waals surface area (Å²) >= 11 is 0. The lowest BCUT2D eigenvalue weighted by Gasteiger charge is -2.00. The van der Waals surface area contributed by atoms with Crippen LogP contribution in [0.3, 0.4) is 0 Å². The third kappa shape index (κ3) is 2.23. The van der Waals surface area contributed by atoms with Gasteiger partial charge in [0.2, 0.25) is 5.89 Å². The molecule has 0 radical (unpaired) electrons. The molecule has 7 nitrogen and oxygen atoms in total. The largest absolute Gasteiger partial charge is 0.394 e. The average molecular weight is 247 g/mol. The monoisotopic (exact) mass is 247 g/mol. The summed E-state index contributed by atoms with van der Waals surface area (Å²) in [6.45, 7) is -0.287. The Morgan fingerprint density at radius 3 is 2.94 bits per heavy atom. The van der Waals surface area contributed by atoms with E-state index in [4.69, 9.17) is 15.4 Å². The van der Waals surface area contributed by atoms with E-state index in [-0.39, 0.29) is 29.9 Å². The molecule has 2 rings (SSSR count). The normalized spacial score (nSPS) is 25.8. The summed E-state index contributed by atoms with van der Waals surface area (Å²) < 4.78 is 27.4. The molecule has 0 spiro atoms. The molecule has 1 fully saturated rings. The molecule has 0 amide bonds. The van der Waals surface area contributed by atoms with Crippen molar-refractivity contribution in [1.82, 2.24) is 10.1 Å². The Morgan fingerprint density at radius 2 is 2.38 bits per heavy atom. The van der Waals surface area contributed by atoms with Crippen molar-refractivity contribution in [3.63, 3.8) is 0 Å². The molecule has 1 aromatic heterocycles. The van der Waals surface area contributed by atoms with Crippen molar-refractivity contribution in [3.8, 4) is 0 Å². The maximum absolute atomic E-state index is 11.3. The van der Waals surface area contributed by atoms with Crippen LogP contribution in [0.25, 0.3) is 0 Å². The first-order valence-corrected chi connectivity index (χ1v) is 6.74. The van der Waals surface area contributed by atoms with Crippen LogP contribution in [0.15, 0.2) is 4.52 Å². The van der Waals surface area contributed by atoms with Crippen molar-refractivity contribution in [1.29, 1.82) is 0 Å². The standard InChI is InChI=1S/C8H13N3O4S/c9-6(3-12)8-10-7(11-15-8)5-1-2-16(13,14)4-5/h5-6,12H,1-4,9H2/t5?,6-/m0/s1. The van der Waals surface area contributed by atoms with Gasteiger partial charge in [0.15, 0.2) is 15.7 Å². The summed E-state index contributed by atoms with van der Waals surface area (Å²) in [5.41, 5.74) is 5.50. The van der Waals surface area contributed by atoms with Gasteiger partial charge in [-0.05, 0) is 6.42 Å². The second kappa shape index (κ2) is 4.11. The van der Waals surface area contributed by atoms with E-state index >= 15 is 0 Å². The predicted molar refractivity (Wildman–Crippen MR) is 54.3 cm³/mol. The van der Waals surface area contributed by atoms with Crippen LogP contribution in [0, 0.1) is 0 Å². The van der Waals surface area contributed by atoms with Gasteiger partial charge in [-0.25, -0.2) is 8.42 Å². The zero-order chi connectivity index (χ0) is 11.8. The molecule has 16 heavy (non-hydrogen) atoms. The minimum Gasteiger partial charge on any atom is -0.394 e. The number of aliphatic hydroxyl groups excluding tert-OH is 1. The van der Waals surface area contributed by atoms with Gasteiger partial charge in [-0.2, -0.15) is 4.98 Å². The summed E-state index contributed by atoms with van der Waals surface area (Å²) in [6.07, 6.45) is 0.510. The fourth-order valence-electron chi connectivity index (χ4n) is 1.64. The van der Waals surface area contributed by atoms with Gasteiger partial charge >= 0.3 is 0 Å². The third-order valence-corrected chi connectivity index (χ3v) is 4.34. The minimum atomic E-state index is -2.96. The van der Waals surface area contributed by atoms with Crippen molar-refractivity contribution in [2.24, 2.45) is 5.73 Å². The first-order valence-electron chi connectivity index (χ1n) is 4.92. The lowest BCUT2D eigenvalue weighted by molar-refractivity contribution is 0.236. The Morgan fingerprint density at radius 1 is 1.62 bits per heavy atom. The van der Waals surface area contributed by atoms with E-state index < -0.39 is 15.9 Å². The molecule has 8 heteroatoms. The Hall–Kier alpha value is -0.990. The van der Waals surface area contributed by atoms with E-state index in [9.17, 15) is 8.42 Å². The SMILES string of the molecule is N[C@@H](CO)c1nc(C2CCS(=O)(=O)C2)no1. The topological polar surface area (TPSA) is 119 Å². The summed E-state index contributed by atoms with van der Waals surface area (Å²) in [5, 5.41) is 12.5. The fourth-order valence-corrected chi connectivity index (χ4v) is 3.38. The molecule has 3 N–H and O–H groups in total. The quantitative estimate of drug-likeness (QED) is 0.700. The van der Waals surface area contributed by atoms with Crippen LogP contribution in [0.4, 0.5) is 0 Å². The lowest BCUT2D eigenvalue weighted by atomic mass is 10.1. The van der Waals surface area contributed by atoms with Crippen LogP contribution in [0.5, 0.6) is 0 Å². The number of aliphatic hydroxyl groups is 1. The van der Waals surface area contributed by atoms with E-state index in [0.717, 1.165) is 0 Å². The van der Waals surface area contributed by atoms with Crippen LogP contribution < -0.4 is 5.73 Å². The first-order chi connectivity index (χ1) is 7.52. The molecular formula is C8H13N3O4S. The fraction of sp³-hybridized carbons (Fsp3) is 0.750. The molecule has 0 saturated carbocycles. The van der Waals surface area contributed by atoms with Crippen molar-refractivity contribution < 1.29 is 18.0 Å². The number of hydrogen-bond acceptors (Lipinski definition) is 7. The molecule has 0 bridgehead atoms. The van der Waals surface area contributed by atoms with Crippen molar-refractivity contribution in [3.05, 3.63) is 11.7 Å². The molecular weight excluding hydrogens is 234 g/mol. The maximum atomic E-state index is 11.3. The molecule has 1 aliphatic rings. The Labute approximate surface area is 92.6 Å². The number of nitrogens with zero attached hydrogens (tertiary/aromatic N) is 2. The second-order valence-electron chi connectivity index (χ2n) is 3.88. The molecule has 1 aromatic rings. The van der Waals surface area contributed by atoms with Gasteiger partial charge in [-0.3, -0.25) is 0 Å². The smallest absolute Gasteiger partial charge is 0.245 e. The predicted octanol–water partition coefficient (Wildman–Crippen LogP) is -1.04. The van der Waals surface area contributed by atoms with Crippen molar-refractivity contribution >= 4 is 9.84 Å². The molecule has 1 unspecified atom stereocenters. The highest BCUT2D eigenvalue weighted by Gasteiger charge is 2.32. The first kappa shape index (κ1) is 11.5. The maximum Gasteiger partial charge on any atom is 0.245 e. The number of aromatic nitrogens is 2. The van der Waals surface area contributed by atoms with Crippen LogP contribution >= 0.6 is 0 Å². The van der Waals surface area contributed by atoms with E-state index in [1.807, 2.05) is 0 Å². The van der Waals surface area contributed by atoms with Crippen molar-refractivity contribution in [2.75, 3.05) is 18.1 Å². The molecule has 0 aromatic carbocycles. The van der Waals surface area contributed by atoms with E-state index in [1.165, 1.54) is 0 Å². The zero-order valence-corrected chi connectivity index (χ0v) is 9.35. The summed E-state index contributed by atoms with van der Waals surface area (Å²) in [7, 11) is -2.96. The number of sulfone groups is 1. The van der Waals surface area contributed by atoms with Gasteiger partial charge < -0.3 is 15.4 Å². The van der Waals surface area contributed by atoms with Crippen LogP contribution in [-0.2, 0) is 9.84 Å². The van der Waals surface area contributed by atoms with Gasteiger partial charge in [-0.15, -0.1) is 0 Å². The Kier molecular flexibility index (Phi) is 2.96. The second-order valence-corrected chi connectivity index (χ2v) is 6.11. The lowest BCUT2D eigenvalue weighted by Crippen LogP contribution is -2.15. The van der Waals surface area contributed by atoms with Gasteiger partial charge in [0.1, 0.15) is 6.04 Å². The third-order valence-electron chi connectivity index (χ3n) is 2.57. The van der Waals surface area contributed by atoms with Crippen LogP contribution in [0.1, 0.15) is 30.1 Å². The van der Waals surface area contributed by atoms with Gasteiger partial charge in [-0.1, -0.05) is 5.16 Å². The summed E-state index contributed by atoms with van der Waals surface area (Å²) in [6, 6.07) is -0.709. The summed E-state index contributed by atoms with van der Waals surface area (Å²) in [4.78, 5) is 4.00. The Bertz CT molecular complexity index is 469. The van der Waals surface area contributed by atoms with Crippen molar-refractivity contribution in [2.45, 2.75) is 18.4 Å². The van der Waals surface area contributed by atoms with E-state index in [0.29, 0.717) is 12.2 Å². The van der Waals surface area contributed by atoms with Gasteiger partial charge in [0.05, 0.1) is 18.1 Å². The number of hydrogen-bond donors (Lipinski definition) is 2. The summed E-state index contributed by atoms with van der Waals surface area (Å²) in [5.74, 6) is 0.503. The van der Waals surface area contributed by atoms with Crippen LogP contribution in [0.2, 0.25) is 0 Å². The highest BCUT2D eigenvalue weighted by Crippen LogP contribution is 2.27. The van der Waals surface area contributed by atoms with Gasteiger partial charge in [0.25, 0.3) is 0 Å². The number of rotatable bonds is 3. The molecule has 0 aliphatic carbocycles. The molecule has 1 saturated heterocycles. The molecule has 90 valence electrons. The Balaban J connectivity index is 2.14. The highest BCUT2D eigenvalue weighted by atomic mass is 32.2. The molecule has 1 aliphatic heterocycles. The van der Waals surface area contributed by atoms with Gasteiger partial charge in [0, 0.05) is 5.92 Å². The molecule has 2 atom stereocenters. The van der Waals surface area contributed by atoms with E-state index in [2.05, 4.69) is 10.1 Å².